The van der Waals surface area contributed by atoms with Gasteiger partial charge in [-0.15, -0.1) is 0 Å². The molecule has 0 saturated heterocycles. The van der Waals surface area contributed by atoms with Gasteiger partial charge in [-0.05, 0) is 44.9 Å². The Labute approximate surface area is 159 Å². The Bertz CT molecular complexity index is 811. The molecule has 0 aromatic heterocycles. The van der Waals surface area contributed by atoms with E-state index in [9.17, 15) is 13.6 Å². The first-order valence-corrected chi connectivity index (χ1v) is 8.83. The third-order valence-electron chi connectivity index (χ3n) is 3.80. The number of rotatable bonds is 6. The third kappa shape index (κ3) is 6.85. The normalized spacial score (nSPS) is 13.2. The van der Waals surface area contributed by atoms with Crippen molar-refractivity contribution in [2.24, 2.45) is 0 Å². The lowest BCUT2D eigenvalue weighted by molar-refractivity contribution is -0.148. The van der Waals surface area contributed by atoms with E-state index in [0.717, 1.165) is 11.6 Å². The third-order valence-corrected chi connectivity index (χ3v) is 3.80. The number of halogens is 2. The minimum Gasteiger partial charge on any atom is -0.457 e. The molecular formula is C22H25F2NO2. The van der Waals surface area contributed by atoms with Gasteiger partial charge < -0.3 is 10.1 Å². The number of esters is 1. The molecule has 2 rings (SSSR count). The first-order chi connectivity index (χ1) is 12.6. The molecule has 5 heteroatoms. The summed E-state index contributed by atoms with van der Waals surface area (Å²) < 4.78 is 32.6. The lowest BCUT2D eigenvalue weighted by Gasteiger charge is -2.21. The molecule has 0 amide bonds. The monoisotopic (exact) mass is 373 g/mol. The molecule has 0 aliphatic rings. The summed E-state index contributed by atoms with van der Waals surface area (Å²) in [5.41, 5.74) is 1.17. The highest BCUT2D eigenvalue weighted by atomic mass is 19.1. The lowest BCUT2D eigenvalue weighted by Crippen LogP contribution is -2.25. The maximum absolute atomic E-state index is 14.1. The van der Waals surface area contributed by atoms with Crippen LogP contribution in [0.1, 0.15) is 44.9 Å². The topological polar surface area (TPSA) is 38.3 Å². The molecule has 0 fully saturated rings. The van der Waals surface area contributed by atoms with Gasteiger partial charge in [-0.1, -0.05) is 36.4 Å². The van der Waals surface area contributed by atoms with E-state index < -0.39 is 23.2 Å². The van der Waals surface area contributed by atoms with Gasteiger partial charge in [0.2, 0.25) is 0 Å². The Morgan fingerprint density at radius 2 is 1.81 bits per heavy atom. The summed E-state index contributed by atoms with van der Waals surface area (Å²) in [6, 6.07) is 13.0. The summed E-state index contributed by atoms with van der Waals surface area (Å²) in [6.07, 6.45) is 1.44. The molecule has 0 saturated carbocycles. The summed E-state index contributed by atoms with van der Waals surface area (Å²) in [5, 5.41) is 3.24. The van der Waals surface area contributed by atoms with Crippen molar-refractivity contribution in [3.8, 4) is 0 Å². The van der Waals surface area contributed by atoms with E-state index in [1.807, 2.05) is 37.3 Å². The quantitative estimate of drug-likeness (QED) is 0.567. The smallest absolute Gasteiger partial charge is 0.333 e. The van der Waals surface area contributed by atoms with Crippen LogP contribution in [0.2, 0.25) is 0 Å². The van der Waals surface area contributed by atoms with Crippen molar-refractivity contribution in [2.45, 2.75) is 45.8 Å². The van der Waals surface area contributed by atoms with Crippen LogP contribution in [0.25, 0.3) is 0 Å². The Morgan fingerprint density at radius 1 is 1.15 bits per heavy atom. The maximum Gasteiger partial charge on any atom is 0.333 e. The first-order valence-electron chi connectivity index (χ1n) is 8.83. The van der Waals surface area contributed by atoms with Crippen molar-refractivity contribution in [1.82, 2.24) is 5.32 Å². The van der Waals surface area contributed by atoms with Gasteiger partial charge in [-0.25, -0.2) is 13.6 Å². The van der Waals surface area contributed by atoms with E-state index in [1.54, 1.807) is 20.8 Å². The van der Waals surface area contributed by atoms with E-state index in [1.165, 1.54) is 18.2 Å². The lowest BCUT2D eigenvalue weighted by atomic mass is 10.1. The standard InChI is InChI=1S/C22H25F2NO2/c1-15(16-8-6-5-7-9-16)25-19(14-21(26)27-22(2,3)4)12-17-10-11-18(23)13-20(17)24/h5-11,13-15,25H,12H2,1-4H3/b19-14-/t15-/m1/s1. The van der Waals surface area contributed by atoms with E-state index in [0.29, 0.717) is 11.3 Å². The van der Waals surface area contributed by atoms with Crippen LogP contribution >= 0.6 is 0 Å². The fraction of sp³-hybridized carbons (Fsp3) is 0.318. The second-order valence-corrected chi connectivity index (χ2v) is 7.39. The fourth-order valence-corrected chi connectivity index (χ4v) is 2.59. The Kier molecular flexibility index (Phi) is 6.72. The zero-order chi connectivity index (χ0) is 20.0. The molecule has 2 aromatic carbocycles. The number of carbonyl (C=O) groups is 1. The van der Waals surface area contributed by atoms with Gasteiger partial charge in [0.15, 0.2) is 0 Å². The molecule has 3 nitrogen and oxygen atoms in total. The molecule has 0 unspecified atom stereocenters. The highest BCUT2D eigenvalue weighted by Gasteiger charge is 2.17. The van der Waals surface area contributed by atoms with Gasteiger partial charge in [-0.3, -0.25) is 0 Å². The molecule has 0 heterocycles. The van der Waals surface area contributed by atoms with Crippen molar-refractivity contribution in [3.05, 3.63) is 83.1 Å². The van der Waals surface area contributed by atoms with Crippen LogP contribution in [0.3, 0.4) is 0 Å². The number of carbonyl (C=O) groups excluding carboxylic acids is 1. The molecule has 0 radical (unpaired) electrons. The van der Waals surface area contributed by atoms with E-state index in [-0.39, 0.29) is 12.5 Å². The van der Waals surface area contributed by atoms with Crippen LogP contribution < -0.4 is 5.32 Å². The van der Waals surface area contributed by atoms with Crippen LogP contribution in [0.4, 0.5) is 8.78 Å². The molecular weight excluding hydrogens is 348 g/mol. The molecule has 0 aliphatic heterocycles. The summed E-state index contributed by atoms with van der Waals surface area (Å²) in [7, 11) is 0. The van der Waals surface area contributed by atoms with E-state index in [2.05, 4.69) is 5.32 Å². The molecule has 27 heavy (non-hydrogen) atoms. The molecule has 0 aliphatic carbocycles. The van der Waals surface area contributed by atoms with Crippen molar-refractivity contribution >= 4 is 5.97 Å². The minimum atomic E-state index is -0.653. The Hall–Kier alpha value is -2.69. The average Bonchev–Trinajstić information content (AvgIpc) is 2.56. The second kappa shape index (κ2) is 8.80. The van der Waals surface area contributed by atoms with Crippen LogP contribution in [-0.4, -0.2) is 11.6 Å². The summed E-state index contributed by atoms with van der Waals surface area (Å²) in [4.78, 5) is 12.2. The minimum absolute atomic E-state index is 0.108. The van der Waals surface area contributed by atoms with Crippen molar-refractivity contribution < 1.29 is 18.3 Å². The zero-order valence-corrected chi connectivity index (χ0v) is 16.1. The van der Waals surface area contributed by atoms with Gasteiger partial charge >= 0.3 is 5.97 Å². The highest BCUT2D eigenvalue weighted by Crippen LogP contribution is 2.18. The Morgan fingerprint density at radius 3 is 2.41 bits per heavy atom. The van der Waals surface area contributed by atoms with Gasteiger partial charge in [-0.2, -0.15) is 0 Å². The largest absolute Gasteiger partial charge is 0.457 e. The molecule has 1 N–H and O–H groups in total. The summed E-state index contributed by atoms with van der Waals surface area (Å²) in [5.74, 6) is -1.81. The van der Waals surface area contributed by atoms with Crippen LogP contribution in [0, 0.1) is 11.6 Å². The van der Waals surface area contributed by atoms with Gasteiger partial charge in [0.05, 0.1) is 0 Å². The maximum atomic E-state index is 14.1. The first kappa shape index (κ1) is 20.6. The number of nitrogens with one attached hydrogen (secondary N) is 1. The zero-order valence-electron chi connectivity index (χ0n) is 16.1. The average molecular weight is 373 g/mol. The van der Waals surface area contributed by atoms with Crippen molar-refractivity contribution in [3.63, 3.8) is 0 Å². The predicted octanol–water partition coefficient (Wildman–Crippen LogP) is 5.08. The number of hydrogen-bond donors (Lipinski definition) is 1. The van der Waals surface area contributed by atoms with Crippen LogP contribution in [0.15, 0.2) is 60.3 Å². The molecule has 1 atom stereocenters. The van der Waals surface area contributed by atoms with Gasteiger partial charge in [0, 0.05) is 30.3 Å². The number of ether oxygens (including phenoxy) is 1. The van der Waals surface area contributed by atoms with E-state index >= 15 is 0 Å². The van der Waals surface area contributed by atoms with Crippen molar-refractivity contribution in [1.29, 1.82) is 0 Å². The van der Waals surface area contributed by atoms with E-state index in [4.69, 9.17) is 4.74 Å². The SMILES string of the molecule is C[C@@H](N/C(=C\C(=O)OC(C)(C)C)Cc1ccc(F)cc1F)c1ccccc1. The predicted molar refractivity (Wildman–Crippen MR) is 102 cm³/mol. The van der Waals surface area contributed by atoms with Crippen molar-refractivity contribution in [2.75, 3.05) is 0 Å². The molecule has 2 aromatic rings. The number of benzene rings is 2. The highest BCUT2D eigenvalue weighted by molar-refractivity contribution is 5.83. The van der Waals surface area contributed by atoms with Crippen LogP contribution in [-0.2, 0) is 16.0 Å². The molecule has 144 valence electrons. The van der Waals surface area contributed by atoms with Gasteiger partial charge in [0.25, 0.3) is 0 Å². The molecule has 0 bridgehead atoms. The molecule has 0 spiro atoms. The summed E-state index contributed by atoms with van der Waals surface area (Å²) >= 11 is 0. The number of hydrogen-bond acceptors (Lipinski definition) is 3. The summed E-state index contributed by atoms with van der Waals surface area (Å²) in [6.45, 7) is 7.27. The number of allylic oxidation sites excluding steroid dienone is 1. The Balaban J connectivity index is 2.25. The second-order valence-electron chi connectivity index (χ2n) is 7.39. The van der Waals surface area contributed by atoms with Gasteiger partial charge in [0.1, 0.15) is 17.2 Å². The van der Waals surface area contributed by atoms with Crippen LogP contribution in [0.5, 0.6) is 0 Å². The fourth-order valence-electron chi connectivity index (χ4n) is 2.59.